The van der Waals surface area contributed by atoms with Gasteiger partial charge in [0.15, 0.2) is 5.82 Å². The fraction of sp³-hybridized carbons (Fsp3) is 0.286. The molecule has 2 aromatic carbocycles. The van der Waals surface area contributed by atoms with Gasteiger partial charge in [0.2, 0.25) is 0 Å². The van der Waals surface area contributed by atoms with Crippen molar-refractivity contribution in [3.63, 3.8) is 0 Å². The number of aliphatic imine (C=N–C) groups is 1. The molecule has 0 radical (unpaired) electrons. The molecule has 2 atom stereocenters. The molecule has 0 amide bonds. The number of rotatable bonds is 6. The number of thiophene rings is 1. The normalized spacial score (nSPS) is 15.5. The molecule has 3 heterocycles. The summed E-state index contributed by atoms with van der Waals surface area (Å²) in [5.74, 6) is 0.507. The number of benzene rings is 2. The second-order valence-corrected chi connectivity index (χ2v) is 10.2. The second-order valence-electron chi connectivity index (χ2n) is 8.99. The first-order valence-electron chi connectivity index (χ1n) is 11.9. The van der Waals surface area contributed by atoms with Crippen LogP contribution in [0, 0.1) is 26.7 Å². The minimum absolute atomic E-state index is 0.434. The number of carbonyl (C=O) groups is 1. The lowest BCUT2D eigenvalue weighted by atomic mass is 9.95. The Labute approximate surface area is 214 Å². The van der Waals surface area contributed by atoms with E-state index in [9.17, 15) is 9.90 Å². The van der Waals surface area contributed by atoms with E-state index in [0.717, 1.165) is 50.1 Å². The number of aromatic nitrogens is 3. The molecule has 0 saturated carbocycles. The standard InChI is InChI=1S/C28H28N4O3S/c1-6-22(28(33)34)25-26-31-30-17(4)32(26)27-23(15(2)16(3)36-27)24(29-25)19-12-10-18(11-13-19)20-8-7-9-21(14-20)35-5/h7-14,22,25H,6H2,1-5H3,(H,33,34)/t22?,25-/m0/s1. The number of nitrogens with zero attached hydrogens (tertiary/aromatic N) is 4. The van der Waals surface area contributed by atoms with E-state index in [2.05, 4.69) is 54.4 Å². The van der Waals surface area contributed by atoms with Gasteiger partial charge < -0.3 is 9.84 Å². The van der Waals surface area contributed by atoms with Crippen molar-refractivity contribution in [2.45, 2.75) is 40.2 Å². The summed E-state index contributed by atoms with van der Waals surface area (Å²) in [7, 11) is 1.66. The molecule has 5 rings (SSSR count). The SMILES string of the molecule is CCC(C(=O)O)[C@@H]1N=C(c2ccc(-c3cccc(OC)c3)cc2)c2c(sc(C)c2C)-n2c(C)nnc21. The van der Waals surface area contributed by atoms with Crippen LogP contribution < -0.4 is 4.74 Å². The smallest absolute Gasteiger partial charge is 0.309 e. The van der Waals surface area contributed by atoms with E-state index in [-0.39, 0.29) is 0 Å². The lowest BCUT2D eigenvalue weighted by Crippen LogP contribution is -2.23. The first-order valence-corrected chi connectivity index (χ1v) is 12.7. The molecule has 36 heavy (non-hydrogen) atoms. The molecule has 2 aromatic heterocycles. The van der Waals surface area contributed by atoms with Crippen molar-refractivity contribution in [3.8, 4) is 21.9 Å². The van der Waals surface area contributed by atoms with Gasteiger partial charge in [0.25, 0.3) is 0 Å². The molecule has 8 heteroatoms. The zero-order valence-corrected chi connectivity index (χ0v) is 21.8. The van der Waals surface area contributed by atoms with Crippen LogP contribution in [0.2, 0.25) is 0 Å². The molecule has 184 valence electrons. The molecule has 1 aliphatic rings. The second kappa shape index (κ2) is 9.35. The summed E-state index contributed by atoms with van der Waals surface area (Å²) in [5, 5.41) is 19.8. The average Bonchev–Trinajstić information content (AvgIpc) is 3.35. The first-order chi connectivity index (χ1) is 17.3. The van der Waals surface area contributed by atoms with Gasteiger partial charge in [0, 0.05) is 16.0 Å². The summed E-state index contributed by atoms with van der Waals surface area (Å²) in [6.45, 7) is 7.97. The molecule has 7 nitrogen and oxygen atoms in total. The summed E-state index contributed by atoms with van der Waals surface area (Å²) in [6, 6.07) is 15.6. The molecule has 1 unspecified atom stereocenters. The zero-order valence-electron chi connectivity index (χ0n) is 20.9. The van der Waals surface area contributed by atoms with Crippen molar-refractivity contribution in [2.24, 2.45) is 10.9 Å². The molecular weight excluding hydrogens is 472 g/mol. The average molecular weight is 501 g/mol. The van der Waals surface area contributed by atoms with Gasteiger partial charge in [-0.1, -0.05) is 43.3 Å². The van der Waals surface area contributed by atoms with E-state index in [1.54, 1.807) is 18.4 Å². The van der Waals surface area contributed by atoms with Gasteiger partial charge in [-0.25, -0.2) is 0 Å². The maximum atomic E-state index is 12.3. The third kappa shape index (κ3) is 3.91. The molecule has 0 bridgehead atoms. The van der Waals surface area contributed by atoms with E-state index < -0.39 is 17.9 Å². The van der Waals surface area contributed by atoms with Gasteiger partial charge >= 0.3 is 5.97 Å². The van der Waals surface area contributed by atoms with Crippen LogP contribution in [0.5, 0.6) is 5.75 Å². The van der Waals surface area contributed by atoms with Crippen molar-refractivity contribution in [1.82, 2.24) is 14.8 Å². The number of fused-ring (bicyclic) bond motifs is 3. The van der Waals surface area contributed by atoms with Crippen molar-refractivity contribution >= 4 is 23.0 Å². The van der Waals surface area contributed by atoms with Crippen LogP contribution in [0.25, 0.3) is 16.1 Å². The van der Waals surface area contributed by atoms with Crippen LogP contribution in [0.15, 0.2) is 53.5 Å². The third-order valence-corrected chi connectivity index (χ3v) is 8.08. The molecule has 1 N–H and O–H groups in total. The Balaban J connectivity index is 1.70. The highest BCUT2D eigenvalue weighted by Crippen LogP contribution is 2.41. The molecule has 0 aliphatic carbocycles. The molecule has 4 aromatic rings. The van der Waals surface area contributed by atoms with Crippen LogP contribution in [-0.4, -0.2) is 38.7 Å². The molecule has 0 saturated heterocycles. The quantitative estimate of drug-likeness (QED) is 0.354. The Morgan fingerprint density at radius 1 is 1.08 bits per heavy atom. The van der Waals surface area contributed by atoms with Crippen molar-refractivity contribution < 1.29 is 14.6 Å². The van der Waals surface area contributed by atoms with Crippen LogP contribution in [-0.2, 0) is 4.79 Å². The van der Waals surface area contributed by atoms with E-state index in [1.165, 1.54) is 4.88 Å². The predicted octanol–water partition coefficient (Wildman–Crippen LogP) is 5.93. The highest BCUT2D eigenvalue weighted by Gasteiger charge is 2.37. The van der Waals surface area contributed by atoms with Gasteiger partial charge in [-0.15, -0.1) is 21.5 Å². The van der Waals surface area contributed by atoms with Crippen molar-refractivity contribution in [2.75, 3.05) is 7.11 Å². The topological polar surface area (TPSA) is 89.6 Å². The number of hydrogen-bond donors (Lipinski definition) is 1. The lowest BCUT2D eigenvalue weighted by Gasteiger charge is -2.19. The van der Waals surface area contributed by atoms with E-state index in [0.29, 0.717) is 12.2 Å². The van der Waals surface area contributed by atoms with Crippen LogP contribution in [0.1, 0.15) is 52.6 Å². The maximum Gasteiger partial charge on any atom is 0.309 e. The van der Waals surface area contributed by atoms with E-state index in [1.807, 2.05) is 36.6 Å². The Morgan fingerprint density at radius 3 is 2.47 bits per heavy atom. The molecule has 0 fully saturated rings. The maximum absolute atomic E-state index is 12.3. The van der Waals surface area contributed by atoms with Crippen molar-refractivity contribution in [3.05, 3.63) is 81.7 Å². The van der Waals surface area contributed by atoms with Gasteiger partial charge in [-0.05, 0) is 56.0 Å². The number of ether oxygens (including phenoxy) is 1. The van der Waals surface area contributed by atoms with E-state index in [4.69, 9.17) is 9.73 Å². The number of carboxylic acids is 1. The Hall–Kier alpha value is -3.78. The van der Waals surface area contributed by atoms with Gasteiger partial charge in [0.05, 0.1) is 18.7 Å². The summed E-state index contributed by atoms with van der Waals surface area (Å²) >= 11 is 1.66. The van der Waals surface area contributed by atoms with Gasteiger partial charge in [-0.2, -0.15) is 0 Å². The molecule has 1 aliphatic heterocycles. The minimum atomic E-state index is -0.885. The van der Waals surface area contributed by atoms with Crippen LogP contribution in [0.4, 0.5) is 0 Å². The van der Waals surface area contributed by atoms with Crippen LogP contribution >= 0.6 is 11.3 Å². The number of aliphatic carboxylic acids is 1. The largest absolute Gasteiger partial charge is 0.497 e. The Kier molecular flexibility index (Phi) is 6.22. The highest BCUT2D eigenvalue weighted by molar-refractivity contribution is 7.15. The zero-order chi connectivity index (χ0) is 25.6. The number of methoxy groups -OCH3 is 1. The number of hydrogen-bond acceptors (Lipinski definition) is 6. The summed E-state index contributed by atoms with van der Waals surface area (Å²) in [6.07, 6.45) is 0.434. The van der Waals surface area contributed by atoms with E-state index >= 15 is 0 Å². The van der Waals surface area contributed by atoms with Crippen LogP contribution in [0.3, 0.4) is 0 Å². The Morgan fingerprint density at radius 2 is 1.81 bits per heavy atom. The fourth-order valence-electron chi connectivity index (χ4n) is 4.77. The molecular formula is C28H28N4O3S. The third-order valence-electron chi connectivity index (χ3n) is 6.89. The number of carboxylic acid groups (broad SMARTS) is 1. The highest BCUT2D eigenvalue weighted by atomic mass is 32.1. The Bertz CT molecular complexity index is 1480. The monoisotopic (exact) mass is 500 g/mol. The molecule has 0 spiro atoms. The van der Waals surface area contributed by atoms with Gasteiger partial charge in [-0.3, -0.25) is 14.4 Å². The minimum Gasteiger partial charge on any atom is -0.497 e. The fourth-order valence-corrected chi connectivity index (χ4v) is 5.99. The van der Waals surface area contributed by atoms with Gasteiger partial charge in [0.1, 0.15) is 22.6 Å². The summed E-state index contributed by atoms with van der Waals surface area (Å²) in [5.41, 5.74) is 5.99. The number of aryl methyl sites for hydroxylation is 2. The summed E-state index contributed by atoms with van der Waals surface area (Å²) < 4.78 is 7.38. The van der Waals surface area contributed by atoms with Crippen molar-refractivity contribution in [1.29, 1.82) is 0 Å². The lowest BCUT2D eigenvalue weighted by molar-refractivity contribution is -0.142. The first kappa shape index (κ1) is 23.9. The predicted molar refractivity (Wildman–Crippen MR) is 142 cm³/mol. The summed E-state index contributed by atoms with van der Waals surface area (Å²) in [4.78, 5) is 18.6.